The molecule has 0 saturated heterocycles. The first-order chi connectivity index (χ1) is 7.65. The molecule has 0 atom stereocenters. The van der Waals surface area contributed by atoms with E-state index in [0.717, 1.165) is 23.8 Å². The molecular formula is C11H11F2N3. The van der Waals surface area contributed by atoms with Crippen LogP contribution in [-0.2, 0) is 13.6 Å². The van der Waals surface area contributed by atoms with Crippen LogP contribution in [0.25, 0.3) is 0 Å². The van der Waals surface area contributed by atoms with Gasteiger partial charge >= 0.3 is 0 Å². The van der Waals surface area contributed by atoms with Gasteiger partial charge in [0.2, 0.25) is 0 Å². The molecule has 0 aliphatic rings. The molecule has 2 aromatic rings. The summed E-state index contributed by atoms with van der Waals surface area (Å²) < 4.78 is 27.7. The second-order valence-corrected chi connectivity index (χ2v) is 3.50. The van der Waals surface area contributed by atoms with E-state index in [2.05, 4.69) is 10.4 Å². The maximum atomic E-state index is 13.2. The smallest absolute Gasteiger partial charge is 0.146 e. The lowest BCUT2D eigenvalue weighted by atomic mass is 10.2. The predicted molar refractivity (Wildman–Crippen MR) is 56.9 cm³/mol. The minimum atomic E-state index is -0.467. The van der Waals surface area contributed by atoms with Crippen LogP contribution in [0.3, 0.4) is 0 Å². The molecule has 1 aromatic carbocycles. The third-order valence-electron chi connectivity index (χ3n) is 2.17. The summed E-state index contributed by atoms with van der Waals surface area (Å²) in [5, 5.41) is 6.79. The highest BCUT2D eigenvalue weighted by atomic mass is 19.1. The number of aryl methyl sites for hydroxylation is 1. The molecule has 0 fully saturated rings. The van der Waals surface area contributed by atoms with Crippen LogP contribution < -0.4 is 5.32 Å². The Hall–Kier alpha value is -1.91. The fraction of sp³-hybridized carbons (Fsp3) is 0.182. The van der Waals surface area contributed by atoms with Gasteiger partial charge in [-0.2, -0.15) is 5.10 Å². The number of rotatable bonds is 3. The number of hydrogen-bond acceptors (Lipinski definition) is 2. The molecule has 0 radical (unpaired) electrons. The van der Waals surface area contributed by atoms with Crippen molar-refractivity contribution in [2.24, 2.45) is 7.05 Å². The highest BCUT2D eigenvalue weighted by Gasteiger charge is 2.03. The lowest BCUT2D eigenvalue weighted by molar-refractivity contribution is 0.602. The van der Waals surface area contributed by atoms with Gasteiger partial charge in [-0.3, -0.25) is 4.68 Å². The second kappa shape index (κ2) is 4.30. The summed E-state index contributed by atoms with van der Waals surface area (Å²) in [5.74, 6) is -0.930. The van der Waals surface area contributed by atoms with Gasteiger partial charge < -0.3 is 5.32 Å². The summed E-state index contributed by atoms with van der Waals surface area (Å²) in [6, 6.07) is 3.32. The highest BCUT2D eigenvalue weighted by Crippen LogP contribution is 2.16. The molecule has 0 bridgehead atoms. The third kappa shape index (κ3) is 2.36. The first-order valence-corrected chi connectivity index (χ1v) is 4.81. The number of aromatic nitrogens is 2. The molecule has 16 heavy (non-hydrogen) atoms. The van der Waals surface area contributed by atoms with E-state index >= 15 is 0 Å². The van der Waals surface area contributed by atoms with Crippen LogP contribution in [0.1, 0.15) is 5.56 Å². The van der Waals surface area contributed by atoms with Crippen molar-refractivity contribution in [1.82, 2.24) is 9.78 Å². The molecule has 0 unspecified atom stereocenters. The van der Waals surface area contributed by atoms with Gasteiger partial charge in [0, 0.05) is 25.4 Å². The fourth-order valence-electron chi connectivity index (χ4n) is 1.39. The Balaban J connectivity index is 2.07. The zero-order chi connectivity index (χ0) is 11.5. The zero-order valence-electron chi connectivity index (χ0n) is 8.74. The van der Waals surface area contributed by atoms with Crippen molar-refractivity contribution in [2.75, 3.05) is 5.32 Å². The van der Waals surface area contributed by atoms with Crippen LogP contribution in [0.5, 0.6) is 0 Å². The lowest BCUT2D eigenvalue weighted by Crippen LogP contribution is -2.01. The van der Waals surface area contributed by atoms with Gasteiger partial charge in [-0.05, 0) is 18.2 Å². The molecule has 0 aliphatic carbocycles. The zero-order valence-corrected chi connectivity index (χ0v) is 8.74. The molecule has 5 heteroatoms. The van der Waals surface area contributed by atoms with Gasteiger partial charge in [-0.1, -0.05) is 0 Å². The van der Waals surface area contributed by atoms with E-state index in [1.54, 1.807) is 17.9 Å². The Bertz CT molecular complexity index is 494. The Morgan fingerprint density at radius 2 is 2.19 bits per heavy atom. The topological polar surface area (TPSA) is 29.9 Å². The van der Waals surface area contributed by atoms with Crippen molar-refractivity contribution in [3.8, 4) is 0 Å². The summed E-state index contributed by atoms with van der Waals surface area (Å²) in [4.78, 5) is 0. The maximum absolute atomic E-state index is 13.2. The van der Waals surface area contributed by atoms with Crippen LogP contribution in [0, 0.1) is 11.6 Å². The number of benzene rings is 1. The minimum Gasteiger partial charge on any atom is -0.378 e. The first-order valence-electron chi connectivity index (χ1n) is 4.81. The van der Waals surface area contributed by atoms with E-state index < -0.39 is 11.6 Å². The van der Waals surface area contributed by atoms with E-state index in [4.69, 9.17) is 0 Å². The van der Waals surface area contributed by atoms with E-state index in [0.29, 0.717) is 6.54 Å². The van der Waals surface area contributed by atoms with Crippen LogP contribution in [0.4, 0.5) is 14.5 Å². The van der Waals surface area contributed by atoms with Crippen molar-refractivity contribution >= 4 is 5.69 Å². The largest absolute Gasteiger partial charge is 0.378 e. The molecular weight excluding hydrogens is 212 g/mol. The SMILES string of the molecule is Cn1cc(CNc2cc(F)ccc2F)cn1. The van der Waals surface area contributed by atoms with Gasteiger partial charge in [0.1, 0.15) is 11.6 Å². The summed E-state index contributed by atoms with van der Waals surface area (Å²) in [5.41, 5.74) is 1.06. The number of hydrogen-bond donors (Lipinski definition) is 1. The average molecular weight is 223 g/mol. The first kappa shape index (κ1) is 10.6. The molecule has 0 amide bonds. The molecule has 0 aliphatic heterocycles. The summed E-state index contributed by atoms with van der Waals surface area (Å²) in [6.07, 6.45) is 3.48. The Morgan fingerprint density at radius 1 is 1.38 bits per heavy atom. The molecule has 84 valence electrons. The van der Waals surface area contributed by atoms with Gasteiger partial charge in [-0.15, -0.1) is 0 Å². The van der Waals surface area contributed by atoms with Crippen molar-refractivity contribution < 1.29 is 8.78 Å². The summed E-state index contributed by atoms with van der Waals surface area (Å²) in [7, 11) is 1.80. The number of nitrogens with one attached hydrogen (secondary N) is 1. The van der Waals surface area contributed by atoms with E-state index in [1.165, 1.54) is 0 Å². The fourth-order valence-corrected chi connectivity index (χ4v) is 1.39. The number of anilines is 1. The standard InChI is InChI=1S/C11H11F2N3/c1-16-7-8(6-15-16)5-14-11-4-9(12)2-3-10(11)13/h2-4,6-7,14H,5H2,1H3. The highest BCUT2D eigenvalue weighted by molar-refractivity contribution is 5.45. The molecule has 0 spiro atoms. The molecule has 0 saturated carbocycles. The van der Waals surface area contributed by atoms with Crippen molar-refractivity contribution in [2.45, 2.75) is 6.54 Å². The van der Waals surface area contributed by atoms with Crippen molar-refractivity contribution in [1.29, 1.82) is 0 Å². The Kier molecular flexibility index (Phi) is 2.85. The Morgan fingerprint density at radius 3 is 2.88 bits per heavy atom. The second-order valence-electron chi connectivity index (χ2n) is 3.50. The number of halogens is 2. The van der Waals surface area contributed by atoms with E-state index in [1.807, 2.05) is 6.20 Å². The molecule has 1 aromatic heterocycles. The molecule has 3 nitrogen and oxygen atoms in total. The van der Waals surface area contributed by atoms with Crippen LogP contribution in [-0.4, -0.2) is 9.78 Å². The van der Waals surface area contributed by atoms with Crippen molar-refractivity contribution in [3.05, 3.63) is 47.8 Å². The Labute approximate surface area is 91.7 Å². The van der Waals surface area contributed by atoms with Gasteiger partial charge in [0.15, 0.2) is 0 Å². The lowest BCUT2D eigenvalue weighted by Gasteiger charge is -2.05. The van der Waals surface area contributed by atoms with Crippen LogP contribution >= 0.6 is 0 Å². The van der Waals surface area contributed by atoms with E-state index in [9.17, 15) is 8.78 Å². The summed E-state index contributed by atoms with van der Waals surface area (Å²) >= 11 is 0. The van der Waals surface area contributed by atoms with E-state index in [-0.39, 0.29) is 5.69 Å². The van der Waals surface area contributed by atoms with Crippen LogP contribution in [0.15, 0.2) is 30.6 Å². The van der Waals surface area contributed by atoms with Gasteiger partial charge in [0.05, 0.1) is 11.9 Å². The summed E-state index contributed by atoms with van der Waals surface area (Å²) in [6.45, 7) is 0.411. The average Bonchev–Trinajstić information content (AvgIpc) is 2.66. The molecule has 1 N–H and O–H groups in total. The predicted octanol–water partition coefficient (Wildman–Crippen LogP) is 2.31. The third-order valence-corrected chi connectivity index (χ3v) is 2.17. The van der Waals surface area contributed by atoms with Gasteiger partial charge in [-0.25, -0.2) is 8.78 Å². The van der Waals surface area contributed by atoms with Gasteiger partial charge in [0.25, 0.3) is 0 Å². The number of nitrogens with zero attached hydrogens (tertiary/aromatic N) is 2. The quantitative estimate of drug-likeness (QED) is 0.865. The minimum absolute atomic E-state index is 0.156. The van der Waals surface area contributed by atoms with Crippen LogP contribution in [0.2, 0.25) is 0 Å². The van der Waals surface area contributed by atoms with Crippen molar-refractivity contribution in [3.63, 3.8) is 0 Å². The monoisotopic (exact) mass is 223 g/mol. The maximum Gasteiger partial charge on any atom is 0.146 e. The molecule has 2 rings (SSSR count). The molecule has 1 heterocycles. The normalized spacial score (nSPS) is 10.4.